The van der Waals surface area contributed by atoms with Crippen LogP contribution >= 0.6 is 0 Å². The number of anilines is 1. The van der Waals surface area contributed by atoms with Crippen LogP contribution in [0.25, 0.3) is 0 Å². The highest BCUT2D eigenvalue weighted by molar-refractivity contribution is 7.92. The Kier molecular flexibility index (Phi) is 6.63. The highest BCUT2D eigenvalue weighted by Gasteiger charge is 2.14. The third-order valence-electron chi connectivity index (χ3n) is 3.03. The second-order valence-corrected chi connectivity index (χ2v) is 6.43. The van der Waals surface area contributed by atoms with Gasteiger partial charge in [0.05, 0.1) is 30.6 Å². The zero-order valence-corrected chi connectivity index (χ0v) is 13.1. The van der Waals surface area contributed by atoms with E-state index in [1.807, 2.05) is 0 Å². The molecule has 0 amide bonds. The Morgan fingerprint density at radius 2 is 2.10 bits per heavy atom. The van der Waals surface area contributed by atoms with Crippen molar-refractivity contribution in [1.29, 1.82) is 0 Å². The van der Waals surface area contributed by atoms with Crippen molar-refractivity contribution in [1.82, 2.24) is 14.7 Å². The smallest absolute Gasteiger partial charge is 0.304 e. The summed E-state index contributed by atoms with van der Waals surface area (Å²) in [5.74, 6) is -1.59. The Morgan fingerprint density at radius 3 is 2.67 bits per heavy atom. The Balaban J connectivity index is 2.53. The molecular formula is C12H22N4O4S. The molecule has 0 radical (unpaired) electrons. The number of carboxylic acid groups (broad SMARTS) is 1. The van der Waals surface area contributed by atoms with Crippen LogP contribution in [0.2, 0.25) is 0 Å². The van der Waals surface area contributed by atoms with Gasteiger partial charge in [-0.3, -0.25) is 14.2 Å². The minimum atomic E-state index is -3.65. The van der Waals surface area contributed by atoms with Crippen LogP contribution in [0.15, 0.2) is 12.4 Å². The topological polar surface area (TPSA) is 105 Å². The normalized spacial score (nSPS) is 11.8. The van der Waals surface area contributed by atoms with Crippen molar-refractivity contribution >= 4 is 21.7 Å². The molecule has 1 aromatic rings. The maximum absolute atomic E-state index is 11.7. The summed E-state index contributed by atoms with van der Waals surface area (Å²) < 4.78 is 27.3. The minimum Gasteiger partial charge on any atom is -0.481 e. The molecule has 0 aliphatic rings. The molecule has 1 aromatic heterocycles. The van der Waals surface area contributed by atoms with Gasteiger partial charge in [-0.15, -0.1) is 0 Å². The first-order chi connectivity index (χ1) is 9.86. The summed E-state index contributed by atoms with van der Waals surface area (Å²) in [6, 6.07) is 0. The number of aromatic nitrogens is 2. The van der Waals surface area contributed by atoms with Crippen molar-refractivity contribution in [3.8, 4) is 0 Å². The van der Waals surface area contributed by atoms with Gasteiger partial charge in [0.1, 0.15) is 0 Å². The molecule has 9 heteroatoms. The summed E-state index contributed by atoms with van der Waals surface area (Å²) in [6.07, 6.45) is 2.59. The number of hydrogen-bond acceptors (Lipinski definition) is 5. The SMILES string of the molecule is CCN(CC)CCn1cc(NS(=O)(=O)CCC(=O)O)cn1. The van der Waals surface area contributed by atoms with Crippen LogP contribution in [-0.4, -0.2) is 59.6 Å². The van der Waals surface area contributed by atoms with E-state index in [1.165, 1.54) is 6.20 Å². The lowest BCUT2D eigenvalue weighted by Crippen LogP contribution is -2.27. The number of carboxylic acids is 1. The number of nitrogens with zero attached hydrogens (tertiary/aromatic N) is 3. The van der Waals surface area contributed by atoms with E-state index in [9.17, 15) is 13.2 Å². The molecule has 21 heavy (non-hydrogen) atoms. The van der Waals surface area contributed by atoms with Gasteiger partial charge in [0.15, 0.2) is 0 Å². The lowest BCUT2D eigenvalue weighted by atomic mass is 10.4. The van der Waals surface area contributed by atoms with Crippen molar-refractivity contribution in [2.75, 3.05) is 30.1 Å². The quantitative estimate of drug-likeness (QED) is 0.649. The molecule has 2 N–H and O–H groups in total. The fourth-order valence-electron chi connectivity index (χ4n) is 1.77. The van der Waals surface area contributed by atoms with Crippen LogP contribution < -0.4 is 4.72 Å². The van der Waals surface area contributed by atoms with Crippen molar-refractivity contribution in [3.63, 3.8) is 0 Å². The highest BCUT2D eigenvalue weighted by atomic mass is 32.2. The van der Waals surface area contributed by atoms with E-state index in [0.717, 1.165) is 19.6 Å². The summed E-state index contributed by atoms with van der Waals surface area (Å²) >= 11 is 0. The summed E-state index contributed by atoms with van der Waals surface area (Å²) in [4.78, 5) is 12.6. The van der Waals surface area contributed by atoms with Crippen LogP contribution in [0, 0.1) is 0 Å². The monoisotopic (exact) mass is 318 g/mol. The molecule has 0 saturated carbocycles. The number of nitrogens with one attached hydrogen (secondary N) is 1. The highest BCUT2D eigenvalue weighted by Crippen LogP contribution is 2.08. The van der Waals surface area contributed by atoms with Gasteiger partial charge < -0.3 is 10.0 Å². The molecule has 120 valence electrons. The molecule has 0 saturated heterocycles. The molecule has 0 aliphatic heterocycles. The molecule has 0 unspecified atom stereocenters. The summed E-state index contributed by atoms with van der Waals surface area (Å²) in [5, 5.41) is 12.6. The van der Waals surface area contributed by atoms with Crippen LogP contribution in [0.5, 0.6) is 0 Å². The molecule has 0 bridgehead atoms. The standard InChI is InChI=1S/C12H22N4O4S/c1-3-15(4-2)6-7-16-10-11(9-13-16)14-21(19,20)8-5-12(17)18/h9-10,14H,3-8H2,1-2H3,(H,17,18). The van der Waals surface area contributed by atoms with Gasteiger partial charge in [0.2, 0.25) is 10.0 Å². The lowest BCUT2D eigenvalue weighted by molar-refractivity contribution is -0.136. The van der Waals surface area contributed by atoms with E-state index in [0.29, 0.717) is 12.2 Å². The zero-order valence-electron chi connectivity index (χ0n) is 12.3. The first-order valence-corrected chi connectivity index (χ1v) is 8.48. The molecule has 0 spiro atoms. The Hall–Kier alpha value is -1.61. The molecular weight excluding hydrogens is 296 g/mol. The Labute approximate surface area is 124 Å². The van der Waals surface area contributed by atoms with E-state index >= 15 is 0 Å². The van der Waals surface area contributed by atoms with E-state index in [1.54, 1.807) is 10.9 Å². The number of aliphatic carboxylic acids is 1. The third kappa shape index (κ3) is 6.58. The van der Waals surface area contributed by atoms with Crippen LogP contribution in [0.4, 0.5) is 5.69 Å². The fourth-order valence-corrected chi connectivity index (χ4v) is 2.78. The number of carbonyl (C=O) groups is 1. The predicted molar refractivity (Wildman–Crippen MR) is 79.7 cm³/mol. The average Bonchev–Trinajstić information content (AvgIpc) is 2.84. The van der Waals surface area contributed by atoms with Gasteiger partial charge >= 0.3 is 5.97 Å². The number of hydrogen-bond donors (Lipinski definition) is 2. The van der Waals surface area contributed by atoms with Crippen molar-refractivity contribution in [2.24, 2.45) is 0 Å². The third-order valence-corrected chi connectivity index (χ3v) is 4.32. The first-order valence-electron chi connectivity index (χ1n) is 6.83. The lowest BCUT2D eigenvalue weighted by Gasteiger charge is -2.17. The summed E-state index contributed by atoms with van der Waals surface area (Å²) in [6.45, 7) is 7.56. The largest absolute Gasteiger partial charge is 0.481 e. The van der Waals surface area contributed by atoms with Crippen LogP contribution in [0.3, 0.4) is 0 Å². The van der Waals surface area contributed by atoms with Crippen LogP contribution in [-0.2, 0) is 21.4 Å². The number of sulfonamides is 1. The maximum Gasteiger partial charge on any atom is 0.304 e. The molecule has 8 nitrogen and oxygen atoms in total. The van der Waals surface area contributed by atoms with Crippen molar-refractivity contribution in [2.45, 2.75) is 26.8 Å². The number of likely N-dealkylation sites (N-methyl/N-ethyl adjacent to an activating group) is 1. The molecule has 1 rings (SSSR count). The minimum absolute atomic E-state index is 0.347. The first kappa shape index (κ1) is 17.4. The Bertz CT molecular complexity index is 551. The molecule has 0 aliphatic carbocycles. The molecule has 0 fully saturated rings. The summed E-state index contributed by atoms with van der Waals surface area (Å²) in [5.41, 5.74) is 0.347. The van der Waals surface area contributed by atoms with Gasteiger partial charge in [-0.25, -0.2) is 8.42 Å². The Morgan fingerprint density at radius 1 is 1.43 bits per heavy atom. The van der Waals surface area contributed by atoms with Crippen molar-refractivity contribution in [3.05, 3.63) is 12.4 Å². The maximum atomic E-state index is 11.7. The predicted octanol–water partition coefficient (Wildman–Crippen LogP) is 0.441. The van der Waals surface area contributed by atoms with Gasteiger partial charge in [-0.1, -0.05) is 13.8 Å². The van der Waals surface area contributed by atoms with Gasteiger partial charge in [-0.2, -0.15) is 5.10 Å². The fraction of sp³-hybridized carbons (Fsp3) is 0.667. The van der Waals surface area contributed by atoms with Gasteiger partial charge in [-0.05, 0) is 13.1 Å². The molecule has 0 aromatic carbocycles. The average molecular weight is 318 g/mol. The van der Waals surface area contributed by atoms with Crippen molar-refractivity contribution < 1.29 is 18.3 Å². The zero-order chi connectivity index (χ0) is 15.9. The van der Waals surface area contributed by atoms with Crippen LogP contribution in [0.1, 0.15) is 20.3 Å². The van der Waals surface area contributed by atoms with E-state index in [4.69, 9.17) is 5.11 Å². The van der Waals surface area contributed by atoms with Gasteiger partial charge in [0.25, 0.3) is 0 Å². The van der Waals surface area contributed by atoms with E-state index < -0.39 is 28.2 Å². The second kappa shape index (κ2) is 7.99. The summed E-state index contributed by atoms with van der Waals surface area (Å²) in [7, 11) is -3.65. The van der Waals surface area contributed by atoms with E-state index in [-0.39, 0.29) is 0 Å². The molecule has 0 atom stereocenters. The van der Waals surface area contributed by atoms with Gasteiger partial charge in [0, 0.05) is 12.7 Å². The second-order valence-electron chi connectivity index (χ2n) is 4.58. The number of rotatable bonds is 10. The van der Waals surface area contributed by atoms with E-state index in [2.05, 4.69) is 28.6 Å². The molecule has 1 heterocycles.